The van der Waals surface area contributed by atoms with Crippen molar-refractivity contribution in [1.29, 1.82) is 5.41 Å². The first kappa shape index (κ1) is 17.6. The Bertz CT molecular complexity index is 938. The van der Waals surface area contributed by atoms with Gasteiger partial charge in [-0.3, -0.25) is 4.98 Å². The van der Waals surface area contributed by atoms with Gasteiger partial charge in [-0.05, 0) is 73.7 Å². The predicted molar refractivity (Wildman–Crippen MR) is 110 cm³/mol. The standard InChI is InChI=1S/C23H26N4O/c1-14-4-8-26-22-18(14)2-3-19(22)20-11-17(10-16(20)12-24)28-23-21-13-25-7-5-15(21)6-9-27-23/h2-4,6,8-9,12,16-17,19-20,24-25H,5,7,10-11,13H2,1H3. The summed E-state index contributed by atoms with van der Waals surface area (Å²) in [5.74, 6) is 1.61. The second-order valence-corrected chi connectivity index (χ2v) is 8.20. The molecule has 2 aromatic heterocycles. The third kappa shape index (κ3) is 2.94. The van der Waals surface area contributed by atoms with E-state index in [1.807, 2.05) is 12.4 Å². The van der Waals surface area contributed by atoms with Gasteiger partial charge < -0.3 is 15.5 Å². The molecule has 0 saturated heterocycles. The van der Waals surface area contributed by atoms with Crippen LogP contribution in [0, 0.1) is 24.2 Å². The molecule has 0 aromatic carbocycles. The molecular formula is C23H26N4O. The van der Waals surface area contributed by atoms with Gasteiger partial charge in [0.05, 0.1) is 5.69 Å². The van der Waals surface area contributed by atoms with Crippen LogP contribution in [0.1, 0.15) is 46.7 Å². The zero-order valence-corrected chi connectivity index (χ0v) is 16.2. The lowest BCUT2D eigenvalue weighted by atomic mass is 9.83. The van der Waals surface area contributed by atoms with Gasteiger partial charge in [-0.25, -0.2) is 4.98 Å². The highest BCUT2D eigenvalue weighted by Crippen LogP contribution is 2.46. The molecule has 1 fully saturated rings. The summed E-state index contributed by atoms with van der Waals surface area (Å²) in [5, 5.41) is 11.4. The van der Waals surface area contributed by atoms with E-state index in [-0.39, 0.29) is 17.9 Å². The second kappa shape index (κ2) is 7.13. The summed E-state index contributed by atoms with van der Waals surface area (Å²) in [7, 11) is 0. The molecule has 3 aliphatic rings. The zero-order valence-electron chi connectivity index (χ0n) is 16.2. The maximum atomic E-state index is 7.99. The lowest BCUT2D eigenvalue weighted by Crippen LogP contribution is -2.25. The zero-order chi connectivity index (χ0) is 19.1. The van der Waals surface area contributed by atoms with Crippen molar-refractivity contribution in [2.45, 2.75) is 44.8 Å². The third-order valence-electron chi connectivity index (χ3n) is 6.58. The predicted octanol–water partition coefficient (Wildman–Crippen LogP) is 3.66. The minimum Gasteiger partial charge on any atom is -0.474 e. The number of aryl methyl sites for hydroxylation is 1. The summed E-state index contributed by atoms with van der Waals surface area (Å²) >= 11 is 0. The summed E-state index contributed by atoms with van der Waals surface area (Å²) in [6, 6.07) is 4.17. The van der Waals surface area contributed by atoms with Gasteiger partial charge in [-0.1, -0.05) is 12.2 Å². The number of hydrogen-bond acceptors (Lipinski definition) is 5. The monoisotopic (exact) mass is 374 g/mol. The van der Waals surface area contributed by atoms with Crippen molar-refractivity contribution in [2.75, 3.05) is 6.54 Å². The Labute approximate surface area is 165 Å². The number of pyridine rings is 2. The van der Waals surface area contributed by atoms with Gasteiger partial charge in [0.15, 0.2) is 0 Å². The first-order chi connectivity index (χ1) is 13.7. The summed E-state index contributed by atoms with van der Waals surface area (Å²) in [4.78, 5) is 9.21. The van der Waals surface area contributed by atoms with Crippen molar-refractivity contribution in [3.8, 4) is 5.88 Å². The highest BCUT2D eigenvalue weighted by Gasteiger charge is 2.41. The molecule has 5 nitrogen and oxygen atoms in total. The van der Waals surface area contributed by atoms with Crippen molar-refractivity contribution < 1.29 is 4.74 Å². The Kier molecular flexibility index (Phi) is 4.47. The molecule has 2 aliphatic carbocycles. The van der Waals surface area contributed by atoms with Crippen molar-refractivity contribution in [1.82, 2.24) is 15.3 Å². The minimum absolute atomic E-state index is 0.0970. The van der Waals surface area contributed by atoms with Crippen molar-refractivity contribution in [3.63, 3.8) is 0 Å². The van der Waals surface area contributed by atoms with Crippen LogP contribution < -0.4 is 10.1 Å². The molecule has 28 heavy (non-hydrogen) atoms. The molecule has 4 unspecified atom stereocenters. The molecule has 0 bridgehead atoms. The van der Waals surface area contributed by atoms with Crippen LogP contribution in [0.3, 0.4) is 0 Å². The molecule has 5 heteroatoms. The topological polar surface area (TPSA) is 70.9 Å². The number of nitrogens with zero attached hydrogens (tertiary/aromatic N) is 2. The fourth-order valence-electron chi connectivity index (χ4n) is 5.09. The van der Waals surface area contributed by atoms with E-state index in [9.17, 15) is 0 Å². The van der Waals surface area contributed by atoms with E-state index < -0.39 is 0 Å². The third-order valence-corrected chi connectivity index (χ3v) is 6.58. The number of ether oxygens (including phenoxy) is 1. The van der Waals surface area contributed by atoms with Crippen LogP contribution >= 0.6 is 0 Å². The Balaban J connectivity index is 1.38. The maximum absolute atomic E-state index is 7.99. The minimum atomic E-state index is 0.0970. The highest BCUT2D eigenvalue weighted by atomic mass is 16.5. The molecule has 4 atom stereocenters. The van der Waals surface area contributed by atoms with E-state index in [1.165, 1.54) is 22.3 Å². The quantitative estimate of drug-likeness (QED) is 0.801. The second-order valence-electron chi connectivity index (χ2n) is 8.20. The van der Waals surface area contributed by atoms with E-state index in [1.54, 1.807) is 6.21 Å². The van der Waals surface area contributed by atoms with Crippen molar-refractivity contribution in [3.05, 3.63) is 58.6 Å². The first-order valence-corrected chi connectivity index (χ1v) is 10.2. The SMILES string of the molecule is Cc1ccnc2c1C=CC2C1CC(Oc2nccc3c2CNCC3)CC1C=N. The van der Waals surface area contributed by atoms with E-state index in [4.69, 9.17) is 10.1 Å². The van der Waals surface area contributed by atoms with Gasteiger partial charge in [0.25, 0.3) is 0 Å². The summed E-state index contributed by atoms with van der Waals surface area (Å²) in [6.07, 6.45) is 12.8. The molecule has 0 radical (unpaired) electrons. The Hall–Kier alpha value is -2.53. The lowest BCUT2D eigenvalue weighted by molar-refractivity contribution is 0.191. The number of fused-ring (bicyclic) bond motifs is 2. The summed E-state index contributed by atoms with van der Waals surface area (Å²) < 4.78 is 6.41. The Morgan fingerprint density at radius 2 is 2.11 bits per heavy atom. The molecule has 5 rings (SSSR count). The fourth-order valence-corrected chi connectivity index (χ4v) is 5.09. The average Bonchev–Trinajstić information content (AvgIpc) is 3.32. The van der Waals surface area contributed by atoms with Gasteiger partial charge >= 0.3 is 0 Å². The van der Waals surface area contributed by atoms with Crippen molar-refractivity contribution >= 4 is 12.3 Å². The number of rotatable bonds is 4. The van der Waals surface area contributed by atoms with Crippen LogP contribution in [0.25, 0.3) is 6.08 Å². The smallest absolute Gasteiger partial charge is 0.218 e. The molecule has 1 saturated carbocycles. The van der Waals surface area contributed by atoms with Gasteiger partial charge in [0.2, 0.25) is 5.88 Å². The summed E-state index contributed by atoms with van der Waals surface area (Å²) in [6.45, 7) is 3.97. The molecule has 1 aliphatic heterocycles. The van der Waals surface area contributed by atoms with Crippen molar-refractivity contribution in [2.24, 2.45) is 11.8 Å². The van der Waals surface area contributed by atoms with Crippen LogP contribution in [0.2, 0.25) is 0 Å². The van der Waals surface area contributed by atoms with Crippen LogP contribution in [-0.2, 0) is 13.0 Å². The van der Waals surface area contributed by atoms with Gasteiger partial charge in [-0.2, -0.15) is 0 Å². The van der Waals surface area contributed by atoms with E-state index >= 15 is 0 Å². The van der Waals surface area contributed by atoms with Gasteiger partial charge in [0, 0.05) is 36.3 Å². The molecule has 0 spiro atoms. The van der Waals surface area contributed by atoms with E-state index in [0.29, 0.717) is 5.92 Å². The Morgan fingerprint density at radius 1 is 1.21 bits per heavy atom. The molecule has 2 N–H and O–H groups in total. The largest absolute Gasteiger partial charge is 0.474 e. The Morgan fingerprint density at radius 3 is 3.00 bits per heavy atom. The molecule has 3 heterocycles. The van der Waals surface area contributed by atoms with Crippen LogP contribution in [-0.4, -0.2) is 28.8 Å². The lowest BCUT2D eigenvalue weighted by Gasteiger charge is -2.23. The highest BCUT2D eigenvalue weighted by molar-refractivity contribution is 5.65. The number of allylic oxidation sites excluding steroid dienone is 1. The molecule has 144 valence electrons. The molecule has 2 aromatic rings. The van der Waals surface area contributed by atoms with Crippen LogP contribution in [0.5, 0.6) is 5.88 Å². The van der Waals surface area contributed by atoms with Gasteiger partial charge in [-0.15, -0.1) is 0 Å². The fraction of sp³-hybridized carbons (Fsp3) is 0.435. The first-order valence-electron chi connectivity index (χ1n) is 10.2. The summed E-state index contributed by atoms with van der Waals surface area (Å²) in [5.41, 5.74) is 6.23. The maximum Gasteiger partial charge on any atom is 0.218 e. The number of nitrogens with one attached hydrogen (secondary N) is 2. The number of hydrogen-bond donors (Lipinski definition) is 2. The van der Waals surface area contributed by atoms with E-state index in [0.717, 1.165) is 43.9 Å². The number of aromatic nitrogens is 2. The van der Waals surface area contributed by atoms with Gasteiger partial charge in [0.1, 0.15) is 6.10 Å². The van der Waals surface area contributed by atoms with Crippen LogP contribution in [0.15, 0.2) is 30.6 Å². The molecular weight excluding hydrogens is 348 g/mol. The van der Waals surface area contributed by atoms with Crippen LogP contribution in [0.4, 0.5) is 0 Å². The normalized spacial score (nSPS) is 28.0. The molecule has 0 amide bonds. The van der Waals surface area contributed by atoms with E-state index in [2.05, 4.69) is 46.5 Å². The average molecular weight is 374 g/mol.